The Labute approximate surface area is 202 Å². The third-order valence-corrected chi connectivity index (χ3v) is 7.64. The van der Waals surface area contributed by atoms with Crippen molar-refractivity contribution in [3.63, 3.8) is 0 Å². The fraction of sp³-hybridized carbons (Fsp3) is 0.360. The van der Waals surface area contributed by atoms with Crippen molar-refractivity contribution in [2.24, 2.45) is 0 Å². The van der Waals surface area contributed by atoms with Gasteiger partial charge < -0.3 is 14.7 Å². The summed E-state index contributed by atoms with van der Waals surface area (Å²) >= 11 is 1.74. The molecule has 3 aliphatic rings. The summed E-state index contributed by atoms with van der Waals surface area (Å²) in [6.45, 7) is 2.10. The van der Waals surface area contributed by atoms with Crippen LogP contribution < -0.4 is 4.90 Å². The third-order valence-electron chi connectivity index (χ3n) is 6.51. The van der Waals surface area contributed by atoms with Crippen LogP contribution in [0.2, 0.25) is 0 Å². The summed E-state index contributed by atoms with van der Waals surface area (Å²) in [5, 5.41) is 0. The number of hydrogen-bond donors (Lipinski definition) is 0. The van der Waals surface area contributed by atoms with Gasteiger partial charge >= 0.3 is 0 Å². The van der Waals surface area contributed by atoms with E-state index in [0.29, 0.717) is 39.1 Å². The number of carbonyl (C=O) groups is 4. The molecule has 8 nitrogen and oxygen atoms in total. The van der Waals surface area contributed by atoms with Gasteiger partial charge in [0.15, 0.2) is 0 Å². The summed E-state index contributed by atoms with van der Waals surface area (Å²) in [4.78, 5) is 58.2. The van der Waals surface area contributed by atoms with Crippen LogP contribution in [0.3, 0.4) is 0 Å². The molecule has 0 N–H and O–H groups in total. The van der Waals surface area contributed by atoms with E-state index in [1.807, 2.05) is 24.3 Å². The molecule has 2 aromatic carbocycles. The van der Waals surface area contributed by atoms with Gasteiger partial charge in [-0.25, -0.2) is 0 Å². The van der Waals surface area contributed by atoms with Crippen molar-refractivity contribution in [2.45, 2.75) is 29.1 Å². The first-order valence-electron chi connectivity index (χ1n) is 11.5. The first-order valence-corrected chi connectivity index (χ1v) is 12.3. The number of nitrogens with zero attached hydrogens (tertiary/aromatic N) is 4. The average Bonchev–Trinajstić information content (AvgIpc) is 3.18. The maximum Gasteiger partial charge on any atom is 0.242 e. The Morgan fingerprint density at radius 1 is 0.706 bits per heavy atom. The van der Waals surface area contributed by atoms with Gasteiger partial charge in [-0.1, -0.05) is 36.0 Å². The molecule has 0 radical (unpaired) electrons. The van der Waals surface area contributed by atoms with Crippen molar-refractivity contribution in [2.75, 3.05) is 44.2 Å². The fourth-order valence-electron chi connectivity index (χ4n) is 4.63. The molecule has 0 spiro atoms. The summed E-state index contributed by atoms with van der Waals surface area (Å²) in [6.07, 6.45) is 0.732. The van der Waals surface area contributed by atoms with Crippen molar-refractivity contribution in [3.8, 4) is 0 Å². The van der Waals surface area contributed by atoms with Gasteiger partial charge in [0, 0.05) is 61.8 Å². The van der Waals surface area contributed by atoms with E-state index in [-0.39, 0.29) is 43.0 Å². The van der Waals surface area contributed by atoms with Crippen LogP contribution in [0, 0.1) is 0 Å². The van der Waals surface area contributed by atoms with Gasteiger partial charge in [0.05, 0.1) is 11.4 Å². The number of imide groups is 1. The number of fused-ring (bicyclic) bond motifs is 2. The Morgan fingerprint density at radius 2 is 1.21 bits per heavy atom. The molecule has 4 amide bonds. The third kappa shape index (κ3) is 4.40. The lowest BCUT2D eigenvalue weighted by Crippen LogP contribution is -2.53. The quantitative estimate of drug-likeness (QED) is 0.615. The molecular formula is C25H26N4O4S. The molecule has 3 aliphatic heterocycles. The number of hydrogen-bond acceptors (Lipinski definition) is 6. The molecule has 0 atom stereocenters. The van der Waals surface area contributed by atoms with E-state index in [9.17, 15) is 19.2 Å². The first kappa shape index (κ1) is 22.5. The lowest BCUT2D eigenvalue weighted by Gasteiger charge is -2.36. The zero-order valence-electron chi connectivity index (χ0n) is 18.8. The summed E-state index contributed by atoms with van der Waals surface area (Å²) in [7, 11) is 0. The topological polar surface area (TPSA) is 81.2 Å². The van der Waals surface area contributed by atoms with Gasteiger partial charge in [-0.3, -0.25) is 24.1 Å². The van der Waals surface area contributed by atoms with E-state index in [2.05, 4.69) is 29.2 Å². The molecule has 3 heterocycles. The molecule has 2 fully saturated rings. The van der Waals surface area contributed by atoms with E-state index in [1.165, 1.54) is 9.79 Å². The molecule has 34 heavy (non-hydrogen) atoms. The van der Waals surface area contributed by atoms with Crippen LogP contribution in [-0.4, -0.2) is 77.6 Å². The zero-order chi connectivity index (χ0) is 23.7. The Balaban J connectivity index is 1.17. The minimum absolute atomic E-state index is 0.0604. The van der Waals surface area contributed by atoms with Gasteiger partial charge in [-0.2, -0.15) is 0 Å². The second kappa shape index (κ2) is 9.50. The second-order valence-electron chi connectivity index (χ2n) is 8.57. The predicted molar refractivity (Wildman–Crippen MR) is 128 cm³/mol. The number of para-hydroxylation sites is 2. The van der Waals surface area contributed by atoms with Gasteiger partial charge in [-0.05, 0) is 24.3 Å². The van der Waals surface area contributed by atoms with Crippen molar-refractivity contribution in [3.05, 3.63) is 48.5 Å². The van der Waals surface area contributed by atoms with Crippen molar-refractivity contribution in [1.82, 2.24) is 14.7 Å². The normalized spacial score (nSPS) is 17.6. The van der Waals surface area contributed by atoms with E-state index in [1.54, 1.807) is 21.6 Å². The molecule has 0 unspecified atom stereocenters. The van der Waals surface area contributed by atoms with Gasteiger partial charge in [0.1, 0.15) is 6.54 Å². The number of amides is 4. The van der Waals surface area contributed by atoms with Crippen molar-refractivity contribution < 1.29 is 19.2 Å². The Morgan fingerprint density at radius 3 is 1.76 bits per heavy atom. The maximum absolute atomic E-state index is 13.0. The lowest BCUT2D eigenvalue weighted by atomic mass is 10.2. The minimum atomic E-state index is -0.286. The molecule has 176 valence electrons. The SMILES string of the molecule is O=C(CCN1c2ccccc2Sc2ccccc21)N1CCN(C(=O)CN2C(=O)CCC2=O)CC1. The average molecular weight is 479 g/mol. The minimum Gasteiger partial charge on any atom is -0.339 e. The number of anilines is 2. The zero-order valence-corrected chi connectivity index (χ0v) is 19.6. The van der Waals surface area contributed by atoms with Crippen LogP contribution in [0.4, 0.5) is 11.4 Å². The van der Waals surface area contributed by atoms with Crippen LogP contribution in [0.15, 0.2) is 58.3 Å². The molecular weight excluding hydrogens is 452 g/mol. The highest BCUT2D eigenvalue weighted by atomic mass is 32.2. The monoisotopic (exact) mass is 478 g/mol. The van der Waals surface area contributed by atoms with Crippen molar-refractivity contribution in [1.29, 1.82) is 0 Å². The van der Waals surface area contributed by atoms with E-state index in [0.717, 1.165) is 16.3 Å². The Hall–Kier alpha value is -3.33. The number of carbonyl (C=O) groups excluding carboxylic acids is 4. The Bertz CT molecular complexity index is 1080. The molecule has 5 rings (SSSR count). The largest absolute Gasteiger partial charge is 0.339 e. The van der Waals surface area contributed by atoms with Crippen LogP contribution >= 0.6 is 11.8 Å². The number of rotatable bonds is 5. The fourth-order valence-corrected chi connectivity index (χ4v) is 5.72. The molecule has 2 saturated heterocycles. The van der Waals surface area contributed by atoms with E-state index < -0.39 is 0 Å². The summed E-state index contributed by atoms with van der Waals surface area (Å²) < 4.78 is 0. The number of benzene rings is 2. The highest BCUT2D eigenvalue weighted by molar-refractivity contribution is 7.99. The summed E-state index contributed by atoms with van der Waals surface area (Å²) in [6, 6.07) is 16.5. The first-order chi connectivity index (χ1) is 16.5. The summed E-state index contributed by atoms with van der Waals surface area (Å²) in [5.74, 6) is -0.752. The van der Waals surface area contributed by atoms with Gasteiger partial charge in [-0.15, -0.1) is 0 Å². The molecule has 0 saturated carbocycles. The number of piperazine rings is 1. The lowest BCUT2D eigenvalue weighted by molar-refractivity contribution is -0.147. The predicted octanol–water partition coefficient (Wildman–Crippen LogP) is 2.50. The molecule has 0 aromatic heterocycles. The Kier molecular flexibility index (Phi) is 6.28. The summed E-state index contributed by atoms with van der Waals surface area (Å²) in [5.41, 5.74) is 2.22. The number of likely N-dealkylation sites (tertiary alicyclic amines) is 1. The molecule has 0 aliphatic carbocycles. The second-order valence-corrected chi connectivity index (χ2v) is 9.66. The van der Waals surface area contributed by atoms with Gasteiger partial charge in [0.2, 0.25) is 23.6 Å². The molecule has 0 bridgehead atoms. The highest BCUT2D eigenvalue weighted by Gasteiger charge is 2.33. The molecule has 2 aromatic rings. The molecule has 9 heteroatoms. The van der Waals surface area contributed by atoms with E-state index in [4.69, 9.17) is 0 Å². The van der Waals surface area contributed by atoms with Gasteiger partial charge in [0.25, 0.3) is 0 Å². The van der Waals surface area contributed by atoms with E-state index >= 15 is 0 Å². The smallest absolute Gasteiger partial charge is 0.242 e. The standard InChI is InChI=1S/C25H26N4O4S/c30-22(26-13-15-27(16-14-26)25(33)17-29-23(31)9-10-24(29)32)11-12-28-18-5-1-3-7-20(18)34-21-8-4-2-6-19(21)28/h1-8H,9-17H2. The maximum atomic E-state index is 13.0. The highest BCUT2D eigenvalue weighted by Crippen LogP contribution is 2.47. The van der Waals surface area contributed by atoms with Crippen molar-refractivity contribution >= 4 is 46.8 Å². The van der Waals surface area contributed by atoms with Crippen LogP contribution in [-0.2, 0) is 19.2 Å². The van der Waals surface area contributed by atoms with Crippen LogP contribution in [0.5, 0.6) is 0 Å². The van der Waals surface area contributed by atoms with Crippen LogP contribution in [0.1, 0.15) is 19.3 Å². The van der Waals surface area contributed by atoms with Crippen LogP contribution in [0.25, 0.3) is 0 Å².